The highest BCUT2D eigenvalue weighted by molar-refractivity contribution is 14.0. The van der Waals surface area contributed by atoms with Crippen LogP contribution in [0.2, 0.25) is 0 Å². The Labute approximate surface area is 186 Å². The van der Waals surface area contributed by atoms with E-state index in [9.17, 15) is 8.42 Å². The third-order valence-corrected chi connectivity index (χ3v) is 5.89. The SMILES string of the molecule is CCNC(=NCc1ccc(OC)cc1OC)NCCCN(C)S(=O)(=O)CC.I. The van der Waals surface area contributed by atoms with Crippen LogP contribution in [-0.2, 0) is 16.6 Å². The molecule has 10 heteroatoms. The Hall–Kier alpha value is -1.27. The molecule has 2 N–H and O–H groups in total. The van der Waals surface area contributed by atoms with Crippen LogP contribution >= 0.6 is 24.0 Å². The summed E-state index contributed by atoms with van der Waals surface area (Å²) in [5, 5.41) is 6.41. The fourth-order valence-corrected chi connectivity index (χ4v) is 3.20. The van der Waals surface area contributed by atoms with E-state index in [-0.39, 0.29) is 29.7 Å². The molecule has 0 unspecified atom stereocenters. The molecule has 0 aliphatic carbocycles. The summed E-state index contributed by atoms with van der Waals surface area (Å²) in [7, 11) is 1.70. The second-order valence-corrected chi connectivity index (χ2v) is 8.24. The molecule has 0 aromatic heterocycles. The number of nitrogens with one attached hydrogen (secondary N) is 2. The molecule has 0 heterocycles. The molecule has 0 spiro atoms. The molecular formula is C18H33IN4O4S. The van der Waals surface area contributed by atoms with E-state index in [1.165, 1.54) is 4.31 Å². The van der Waals surface area contributed by atoms with Gasteiger partial charge in [0, 0.05) is 38.3 Å². The van der Waals surface area contributed by atoms with E-state index in [4.69, 9.17) is 9.47 Å². The Kier molecular flexibility index (Phi) is 13.2. The number of benzene rings is 1. The number of hydrogen-bond acceptors (Lipinski definition) is 5. The first-order valence-electron chi connectivity index (χ1n) is 9.05. The van der Waals surface area contributed by atoms with Crippen molar-refractivity contribution in [3.8, 4) is 11.5 Å². The highest BCUT2D eigenvalue weighted by Gasteiger charge is 2.14. The second-order valence-electron chi connectivity index (χ2n) is 5.88. The van der Waals surface area contributed by atoms with Gasteiger partial charge in [0.2, 0.25) is 10.0 Å². The van der Waals surface area contributed by atoms with Crippen LogP contribution in [0.1, 0.15) is 25.8 Å². The monoisotopic (exact) mass is 528 g/mol. The third-order valence-electron chi connectivity index (χ3n) is 4.03. The van der Waals surface area contributed by atoms with Gasteiger partial charge >= 0.3 is 0 Å². The van der Waals surface area contributed by atoms with Gasteiger partial charge in [-0.3, -0.25) is 0 Å². The number of nitrogens with zero attached hydrogens (tertiary/aromatic N) is 2. The van der Waals surface area contributed by atoms with Crippen molar-refractivity contribution in [2.75, 3.05) is 46.7 Å². The van der Waals surface area contributed by atoms with Crippen molar-refractivity contribution in [1.29, 1.82) is 0 Å². The van der Waals surface area contributed by atoms with Gasteiger partial charge in [0.15, 0.2) is 5.96 Å². The predicted molar refractivity (Wildman–Crippen MR) is 124 cm³/mol. The molecule has 0 fully saturated rings. The number of hydrogen-bond donors (Lipinski definition) is 2. The summed E-state index contributed by atoms with van der Waals surface area (Å²) in [5.74, 6) is 2.25. The average Bonchev–Trinajstić information content (AvgIpc) is 2.68. The number of aliphatic imine (C=N–C) groups is 1. The molecule has 0 bridgehead atoms. The Morgan fingerprint density at radius 2 is 1.89 bits per heavy atom. The van der Waals surface area contributed by atoms with Crippen LogP contribution < -0.4 is 20.1 Å². The minimum absolute atomic E-state index is 0. The predicted octanol–water partition coefficient (Wildman–Crippen LogP) is 2.05. The maximum atomic E-state index is 11.7. The molecule has 28 heavy (non-hydrogen) atoms. The van der Waals surface area contributed by atoms with E-state index in [0.29, 0.717) is 32.0 Å². The van der Waals surface area contributed by atoms with Crippen molar-refractivity contribution >= 4 is 40.0 Å². The molecule has 1 aromatic rings. The van der Waals surface area contributed by atoms with Crippen LogP contribution in [0.4, 0.5) is 0 Å². The Morgan fingerprint density at radius 1 is 1.18 bits per heavy atom. The maximum absolute atomic E-state index is 11.7. The van der Waals surface area contributed by atoms with Gasteiger partial charge in [0.05, 0.1) is 26.5 Å². The van der Waals surface area contributed by atoms with E-state index in [1.807, 2.05) is 25.1 Å². The quantitative estimate of drug-likeness (QED) is 0.198. The minimum atomic E-state index is -3.13. The van der Waals surface area contributed by atoms with Crippen molar-refractivity contribution in [1.82, 2.24) is 14.9 Å². The van der Waals surface area contributed by atoms with E-state index < -0.39 is 10.0 Å². The third kappa shape index (κ3) is 8.82. The normalized spacial score (nSPS) is 11.7. The van der Waals surface area contributed by atoms with Crippen molar-refractivity contribution in [3.63, 3.8) is 0 Å². The summed E-state index contributed by atoms with van der Waals surface area (Å²) in [4.78, 5) is 4.57. The smallest absolute Gasteiger partial charge is 0.213 e. The largest absolute Gasteiger partial charge is 0.497 e. The fourth-order valence-electron chi connectivity index (χ4n) is 2.36. The van der Waals surface area contributed by atoms with Crippen LogP contribution in [0.5, 0.6) is 11.5 Å². The fraction of sp³-hybridized carbons (Fsp3) is 0.611. The molecule has 1 rings (SSSR count). The lowest BCUT2D eigenvalue weighted by Gasteiger charge is -2.17. The number of ether oxygens (including phenoxy) is 2. The zero-order valence-corrected chi connectivity index (χ0v) is 20.5. The molecular weight excluding hydrogens is 495 g/mol. The lowest BCUT2D eigenvalue weighted by Crippen LogP contribution is -2.39. The van der Waals surface area contributed by atoms with Crippen molar-refractivity contribution in [2.45, 2.75) is 26.8 Å². The van der Waals surface area contributed by atoms with Gasteiger partial charge in [-0.05, 0) is 32.4 Å². The van der Waals surface area contributed by atoms with Crippen LogP contribution in [0.25, 0.3) is 0 Å². The maximum Gasteiger partial charge on any atom is 0.213 e. The lowest BCUT2D eigenvalue weighted by atomic mass is 10.2. The molecule has 0 saturated heterocycles. The second kappa shape index (κ2) is 13.8. The molecule has 8 nitrogen and oxygen atoms in total. The zero-order chi connectivity index (χ0) is 20.3. The summed E-state index contributed by atoms with van der Waals surface area (Å²) in [6.45, 7) is 5.91. The van der Waals surface area contributed by atoms with Crippen molar-refractivity contribution in [3.05, 3.63) is 23.8 Å². The first kappa shape index (κ1) is 26.7. The molecule has 0 atom stereocenters. The minimum Gasteiger partial charge on any atom is -0.497 e. The summed E-state index contributed by atoms with van der Waals surface area (Å²) < 4.78 is 35.5. The summed E-state index contributed by atoms with van der Waals surface area (Å²) in [6.07, 6.45) is 0.687. The van der Waals surface area contributed by atoms with Crippen molar-refractivity contribution < 1.29 is 17.9 Å². The first-order chi connectivity index (χ1) is 12.9. The average molecular weight is 528 g/mol. The Morgan fingerprint density at radius 3 is 2.46 bits per heavy atom. The number of guanidine groups is 1. The van der Waals surface area contributed by atoms with Crippen molar-refractivity contribution in [2.24, 2.45) is 4.99 Å². The van der Waals surface area contributed by atoms with Gasteiger partial charge in [-0.2, -0.15) is 0 Å². The zero-order valence-electron chi connectivity index (χ0n) is 17.3. The molecule has 0 aliphatic heterocycles. The number of methoxy groups -OCH3 is 2. The van der Waals surface area contributed by atoms with E-state index in [2.05, 4.69) is 15.6 Å². The molecule has 1 aromatic carbocycles. The Balaban J connectivity index is 0.00000729. The van der Waals surface area contributed by atoms with Crippen LogP contribution in [0.3, 0.4) is 0 Å². The van der Waals surface area contributed by atoms with Gasteiger partial charge in [0.1, 0.15) is 11.5 Å². The van der Waals surface area contributed by atoms with Crippen LogP contribution in [0, 0.1) is 0 Å². The summed E-state index contributed by atoms with van der Waals surface area (Å²) in [6, 6.07) is 5.63. The molecule has 162 valence electrons. The van der Waals surface area contributed by atoms with Gasteiger partial charge in [0.25, 0.3) is 0 Å². The molecule has 0 amide bonds. The topological polar surface area (TPSA) is 92.3 Å². The standard InChI is InChI=1S/C18H32N4O4S.HI/c1-6-19-18(20-11-8-12-22(3)27(23,24)7-2)21-14-15-9-10-16(25-4)13-17(15)26-5;/h9-10,13H,6-8,11-12,14H2,1-5H3,(H2,19,20,21);1H. The number of rotatable bonds is 11. The summed E-state index contributed by atoms with van der Waals surface area (Å²) in [5.41, 5.74) is 0.948. The van der Waals surface area contributed by atoms with Gasteiger partial charge in [-0.1, -0.05) is 0 Å². The lowest BCUT2D eigenvalue weighted by molar-refractivity contribution is 0.391. The Bertz CT molecular complexity index is 714. The highest BCUT2D eigenvalue weighted by atomic mass is 127. The first-order valence-corrected chi connectivity index (χ1v) is 10.7. The van der Waals surface area contributed by atoms with Gasteiger partial charge in [-0.25, -0.2) is 17.7 Å². The van der Waals surface area contributed by atoms with E-state index in [0.717, 1.165) is 23.6 Å². The molecule has 0 saturated carbocycles. The molecule has 0 radical (unpaired) electrons. The van der Waals surface area contributed by atoms with E-state index >= 15 is 0 Å². The van der Waals surface area contributed by atoms with Gasteiger partial charge in [-0.15, -0.1) is 24.0 Å². The molecule has 0 aliphatic rings. The summed E-state index contributed by atoms with van der Waals surface area (Å²) >= 11 is 0. The van der Waals surface area contributed by atoms with Gasteiger partial charge < -0.3 is 20.1 Å². The van der Waals surface area contributed by atoms with E-state index in [1.54, 1.807) is 28.2 Å². The number of sulfonamides is 1. The highest BCUT2D eigenvalue weighted by Crippen LogP contribution is 2.25. The number of halogens is 1. The van der Waals surface area contributed by atoms with Crippen LogP contribution in [0.15, 0.2) is 23.2 Å². The van der Waals surface area contributed by atoms with Crippen LogP contribution in [-0.4, -0.2) is 65.3 Å².